The van der Waals surface area contributed by atoms with Gasteiger partial charge in [0.25, 0.3) is 5.91 Å². The fraction of sp³-hybridized carbons (Fsp3) is 0.150. The number of nitrogens with one attached hydrogen (secondary N) is 2. The highest BCUT2D eigenvalue weighted by atomic mass is 19.1. The van der Waals surface area contributed by atoms with Crippen LogP contribution in [0.15, 0.2) is 60.8 Å². The number of amides is 1. The third-order valence-electron chi connectivity index (χ3n) is 3.49. The number of anilines is 3. The number of carbonyl (C=O) groups is 1. The van der Waals surface area contributed by atoms with E-state index < -0.39 is 11.7 Å². The minimum Gasteiger partial charge on any atom is -0.491 e. The lowest BCUT2D eigenvalue weighted by Crippen LogP contribution is -2.15. The van der Waals surface area contributed by atoms with Crippen LogP contribution in [0.25, 0.3) is 0 Å². The summed E-state index contributed by atoms with van der Waals surface area (Å²) in [6.45, 7) is 3.91. The zero-order valence-corrected chi connectivity index (χ0v) is 14.9. The smallest absolute Gasteiger partial charge is 0.274 e. The Balaban J connectivity index is 1.70. The highest BCUT2D eigenvalue weighted by Crippen LogP contribution is 2.19. The summed E-state index contributed by atoms with van der Waals surface area (Å²) in [5.41, 5.74) is 0.963. The van der Waals surface area contributed by atoms with Crippen molar-refractivity contribution < 1.29 is 13.9 Å². The van der Waals surface area contributed by atoms with Gasteiger partial charge in [-0.1, -0.05) is 12.1 Å². The minimum absolute atomic E-state index is 0.0939. The second-order valence-electron chi connectivity index (χ2n) is 6.02. The van der Waals surface area contributed by atoms with E-state index in [4.69, 9.17) is 4.74 Å². The van der Waals surface area contributed by atoms with Gasteiger partial charge in [-0.3, -0.25) is 4.79 Å². The van der Waals surface area contributed by atoms with Crippen LogP contribution in [0.1, 0.15) is 24.3 Å². The van der Waals surface area contributed by atoms with E-state index in [2.05, 4.69) is 20.6 Å². The number of benzene rings is 2. The summed E-state index contributed by atoms with van der Waals surface area (Å²) >= 11 is 0. The van der Waals surface area contributed by atoms with Gasteiger partial charge in [0.1, 0.15) is 17.3 Å². The lowest BCUT2D eigenvalue weighted by atomic mass is 10.3. The number of ether oxygens (including phenoxy) is 1. The molecular weight excluding hydrogens is 347 g/mol. The SMILES string of the molecule is CC(C)Oc1ccc(Nc2nccc(C(=O)Nc3ccccc3F)n2)cc1. The summed E-state index contributed by atoms with van der Waals surface area (Å²) in [6.07, 6.45) is 1.55. The molecule has 0 aliphatic heterocycles. The summed E-state index contributed by atoms with van der Waals surface area (Å²) < 4.78 is 19.3. The number of nitrogens with zero attached hydrogens (tertiary/aromatic N) is 2. The standard InChI is InChI=1S/C20H19FN4O2/c1-13(2)27-15-9-7-14(8-10-15)23-20-22-12-11-18(25-20)19(26)24-17-6-4-3-5-16(17)21/h3-13H,1-2H3,(H,24,26)(H,22,23,25). The average molecular weight is 366 g/mol. The molecule has 6 nitrogen and oxygen atoms in total. The van der Waals surface area contributed by atoms with E-state index in [1.165, 1.54) is 24.4 Å². The van der Waals surface area contributed by atoms with Gasteiger partial charge in [-0.05, 0) is 56.3 Å². The first kappa shape index (κ1) is 18.3. The van der Waals surface area contributed by atoms with Gasteiger partial charge in [-0.25, -0.2) is 14.4 Å². The Morgan fingerprint density at radius 2 is 1.81 bits per heavy atom. The maximum absolute atomic E-state index is 13.7. The Labute approximate surface area is 156 Å². The molecule has 1 heterocycles. The topological polar surface area (TPSA) is 76.1 Å². The predicted octanol–water partition coefficient (Wildman–Crippen LogP) is 4.40. The predicted molar refractivity (Wildman–Crippen MR) is 102 cm³/mol. The van der Waals surface area contributed by atoms with Gasteiger partial charge in [0.2, 0.25) is 5.95 Å². The van der Waals surface area contributed by atoms with Crippen molar-refractivity contribution in [2.45, 2.75) is 20.0 Å². The third-order valence-corrected chi connectivity index (χ3v) is 3.49. The van der Waals surface area contributed by atoms with Crippen molar-refractivity contribution in [1.82, 2.24) is 9.97 Å². The molecule has 0 unspecified atom stereocenters. The molecule has 3 aromatic rings. The maximum atomic E-state index is 13.7. The van der Waals surface area contributed by atoms with Crippen LogP contribution < -0.4 is 15.4 Å². The van der Waals surface area contributed by atoms with Crippen molar-refractivity contribution in [2.75, 3.05) is 10.6 Å². The number of para-hydroxylation sites is 1. The Hall–Kier alpha value is -3.48. The molecule has 3 rings (SSSR count). The summed E-state index contributed by atoms with van der Waals surface area (Å²) in [6, 6.07) is 14.7. The maximum Gasteiger partial charge on any atom is 0.274 e. The third kappa shape index (κ3) is 5.01. The largest absolute Gasteiger partial charge is 0.491 e. The van der Waals surface area contributed by atoms with E-state index in [0.29, 0.717) is 0 Å². The van der Waals surface area contributed by atoms with Crippen molar-refractivity contribution >= 4 is 23.2 Å². The van der Waals surface area contributed by atoms with Crippen LogP contribution in [0, 0.1) is 5.82 Å². The van der Waals surface area contributed by atoms with Gasteiger partial charge in [0.05, 0.1) is 11.8 Å². The highest BCUT2D eigenvalue weighted by molar-refractivity contribution is 6.03. The van der Waals surface area contributed by atoms with Crippen LogP contribution in [0.2, 0.25) is 0 Å². The van der Waals surface area contributed by atoms with E-state index in [0.717, 1.165) is 11.4 Å². The second kappa shape index (κ2) is 8.27. The first-order chi connectivity index (χ1) is 13.0. The summed E-state index contributed by atoms with van der Waals surface area (Å²) in [7, 11) is 0. The van der Waals surface area contributed by atoms with Crippen LogP contribution in [0.5, 0.6) is 5.75 Å². The Kier molecular flexibility index (Phi) is 5.61. The molecule has 0 saturated carbocycles. The van der Waals surface area contributed by atoms with Gasteiger partial charge >= 0.3 is 0 Å². The number of carbonyl (C=O) groups excluding carboxylic acids is 1. The fourth-order valence-corrected chi connectivity index (χ4v) is 2.31. The Morgan fingerprint density at radius 1 is 1.07 bits per heavy atom. The molecule has 0 radical (unpaired) electrons. The Bertz CT molecular complexity index is 929. The molecule has 0 bridgehead atoms. The summed E-state index contributed by atoms with van der Waals surface area (Å²) in [5, 5.41) is 5.52. The van der Waals surface area contributed by atoms with Crippen LogP contribution in [0.3, 0.4) is 0 Å². The van der Waals surface area contributed by atoms with E-state index in [-0.39, 0.29) is 23.4 Å². The first-order valence-electron chi connectivity index (χ1n) is 8.44. The second-order valence-corrected chi connectivity index (χ2v) is 6.02. The van der Waals surface area contributed by atoms with Crippen LogP contribution in [-0.2, 0) is 0 Å². The first-order valence-corrected chi connectivity index (χ1v) is 8.44. The molecule has 0 saturated heterocycles. The monoisotopic (exact) mass is 366 g/mol. The zero-order chi connectivity index (χ0) is 19.2. The molecule has 2 N–H and O–H groups in total. The van der Waals surface area contributed by atoms with Gasteiger partial charge in [-0.15, -0.1) is 0 Å². The zero-order valence-electron chi connectivity index (χ0n) is 14.9. The average Bonchev–Trinajstić information content (AvgIpc) is 2.65. The molecule has 1 amide bonds. The van der Waals surface area contributed by atoms with Crippen molar-refractivity contribution in [1.29, 1.82) is 0 Å². The number of halogens is 1. The van der Waals surface area contributed by atoms with Gasteiger partial charge in [0, 0.05) is 11.9 Å². The van der Waals surface area contributed by atoms with Crippen LogP contribution in [0.4, 0.5) is 21.7 Å². The van der Waals surface area contributed by atoms with E-state index >= 15 is 0 Å². The number of aromatic nitrogens is 2. The molecule has 0 fully saturated rings. The minimum atomic E-state index is -0.522. The molecule has 0 spiro atoms. The van der Waals surface area contributed by atoms with Gasteiger partial charge in [0.15, 0.2) is 0 Å². The lowest BCUT2D eigenvalue weighted by molar-refractivity contribution is 0.102. The number of hydrogen-bond acceptors (Lipinski definition) is 5. The van der Waals surface area contributed by atoms with Crippen molar-refractivity contribution in [3.05, 3.63) is 72.3 Å². The molecule has 27 heavy (non-hydrogen) atoms. The molecule has 2 aromatic carbocycles. The number of hydrogen-bond donors (Lipinski definition) is 2. The molecule has 7 heteroatoms. The molecule has 0 aliphatic rings. The van der Waals surface area contributed by atoms with Crippen LogP contribution >= 0.6 is 0 Å². The van der Waals surface area contributed by atoms with Crippen molar-refractivity contribution in [3.63, 3.8) is 0 Å². The van der Waals surface area contributed by atoms with Crippen molar-refractivity contribution in [3.8, 4) is 5.75 Å². The molecule has 0 atom stereocenters. The summed E-state index contributed by atoms with van der Waals surface area (Å²) in [5.74, 6) is -0.0172. The Morgan fingerprint density at radius 3 is 2.52 bits per heavy atom. The van der Waals surface area contributed by atoms with E-state index in [9.17, 15) is 9.18 Å². The molecule has 0 aliphatic carbocycles. The fourth-order valence-electron chi connectivity index (χ4n) is 2.31. The van der Waals surface area contributed by atoms with Crippen molar-refractivity contribution in [2.24, 2.45) is 0 Å². The van der Waals surface area contributed by atoms with E-state index in [1.54, 1.807) is 12.1 Å². The normalized spacial score (nSPS) is 10.5. The van der Waals surface area contributed by atoms with Crippen LogP contribution in [-0.4, -0.2) is 22.0 Å². The molecule has 138 valence electrons. The van der Waals surface area contributed by atoms with E-state index in [1.807, 2.05) is 38.1 Å². The molecule has 1 aromatic heterocycles. The highest BCUT2D eigenvalue weighted by Gasteiger charge is 2.11. The molecular formula is C20H19FN4O2. The quantitative estimate of drug-likeness (QED) is 0.676. The van der Waals surface area contributed by atoms with Gasteiger partial charge < -0.3 is 15.4 Å². The number of rotatable bonds is 6. The van der Waals surface area contributed by atoms with Gasteiger partial charge in [-0.2, -0.15) is 0 Å². The lowest BCUT2D eigenvalue weighted by Gasteiger charge is -2.11. The summed E-state index contributed by atoms with van der Waals surface area (Å²) in [4.78, 5) is 20.6.